The summed E-state index contributed by atoms with van der Waals surface area (Å²) in [4.78, 5) is 3.99. The highest BCUT2D eigenvalue weighted by Gasteiger charge is 2.05. The number of para-hydroxylation sites is 1. The molecule has 2 rings (SSSR count). The Morgan fingerprint density at radius 1 is 1.21 bits per heavy atom. The maximum absolute atomic E-state index is 9.04. The Morgan fingerprint density at radius 2 is 2.00 bits per heavy atom. The quantitative estimate of drug-likeness (QED) is 0.767. The van der Waals surface area contributed by atoms with Gasteiger partial charge in [0.25, 0.3) is 0 Å². The molecule has 3 nitrogen and oxygen atoms in total. The molecule has 0 spiro atoms. The Hall–Kier alpha value is -2.34. The van der Waals surface area contributed by atoms with Gasteiger partial charge in [-0.2, -0.15) is 5.26 Å². The van der Waals surface area contributed by atoms with Crippen molar-refractivity contribution < 1.29 is 4.74 Å². The van der Waals surface area contributed by atoms with Gasteiger partial charge in [-0.1, -0.05) is 12.1 Å². The average Bonchev–Trinajstić information content (AvgIpc) is 2.46. The van der Waals surface area contributed by atoms with Gasteiger partial charge in [0.05, 0.1) is 12.2 Å². The second-order valence-electron chi connectivity index (χ2n) is 4.37. The number of nitriles is 1. The zero-order chi connectivity index (χ0) is 13.5. The van der Waals surface area contributed by atoms with Crippen molar-refractivity contribution in [2.45, 2.75) is 19.8 Å². The fourth-order valence-electron chi connectivity index (χ4n) is 1.93. The highest BCUT2D eigenvalue weighted by Crippen LogP contribution is 2.22. The van der Waals surface area contributed by atoms with Crippen LogP contribution in [-0.4, -0.2) is 11.6 Å². The predicted molar refractivity (Wildman–Crippen MR) is 73.9 cm³/mol. The summed E-state index contributed by atoms with van der Waals surface area (Å²) in [7, 11) is 0. The summed E-state index contributed by atoms with van der Waals surface area (Å²) in [5, 5.41) is 9.04. The number of benzene rings is 1. The van der Waals surface area contributed by atoms with Crippen molar-refractivity contribution >= 4 is 0 Å². The van der Waals surface area contributed by atoms with E-state index < -0.39 is 0 Å². The summed E-state index contributed by atoms with van der Waals surface area (Å²) in [6.45, 7) is 2.57. The zero-order valence-corrected chi connectivity index (χ0v) is 11.0. The fraction of sp³-hybridized carbons (Fsp3) is 0.250. The highest BCUT2D eigenvalue weighted by atomic mass is 16.5. The van der Waals surface area contributed by atoms with Gasteiger partial charge in [-0.25, -0.2) is 0 Å². The third-order valence-electron chi connectivity index (χ3n) is 2.94. The van der Waals surface area contributed by atoms with Gasteiger partial charge in [0.1, 0.15) is 11.8 Å². The lowest BCUT2D eigenvalue weighted by Gasteiger charge is -2.10. The van der Waals surface area contributed by atoms with Gasteiger partial charge in [0.2, 0.25) is 0 Å². The Bertz CT molecular complexity index is 573. The normalized spacial score (nSPS) is 9.89. The molecule has 0 atom stereocenters. The van der Waals surface area contributed by atoms with Crippen LogP contribution < -0.4 is 4.74 Å². The van der Waals surface area contributed by atoms with Gasteiger partial charge >= 0.3 is 0 Å². The van der Waals surface area contributed by atoms with Crippen LogP contribution in [0, 0.1) is 18.3 Å². The minimum Gasteiger partial charge on any atom is -0.492 e. The molecule has 96 valence electrons. The minimum atomic E-state index is 0.601. The molecular formula is C16H16N2O. The minimum absolute atomic E-state index is 0.601. The van der Waals surface area contributed by atoms with Crippen LogP contribution in [0.3, 0.4) is 0 Å². The number of rotatable bonds is 5. The van der Waals surface area contributed by atoms with Crippen molar-refractivity contribution in [1.82, 2.24) is 4.98 Å². The van der Waals surface area contributed by atoms with Gasteiger partial charge in [-0.05, 0) is 49.1 Å². The Labute approximate surface area is 113 Å². The average molecular weight is 252 g/mol. The lowest BCUT2D eigenvalue weighted by atomic mass is 10.1. The van der Waals surface area contributed by atoms with E-state index in [4.69, 9.17) is 10.00 Å². The molecule has 0 radical (unpaired) electrons. The summed E-state index contributed by atoms with van der Waals surface area (Å²) in [6, 6.07) is 11.8. The van der Waals surface area contributed by atoms with Crippen molar-refractivity contribution in [3.63, 3.8) is 0 Å². The lowest BCUT2D eigenvalue weighted by Crippen LogP contribution is -2.02. The Morgan fingerprint density at radius 3 is 2.74 bits per heavy atom. The first-order valence-electron chi connectivity index (χ1n) is 6.32. The maximum Gasteiger partial charge on any atom is 0.139 e. The van der Waals surface area contributed by atoms with E-state index in [2.05, 4.69) is 11.1 Å². The molecule has 0 amide bonds. The van der Waals surface area contributed by atoms with E-state index in [9.17, 15) is 0 Å². The lowest BCUT2D eigenvalue weighted by molar-refractivity contribution is 0.308. The van der Waals surface area contributed by atoms with Crippen molar-refractivity contribution in [1.29, 1.82) is 5.26 Å². The molecule has 19 heavy (non-hydrogen) atoms. The van der Waals surface area contributed by atoms with E-state index >= 15 is 0 Å². The molecule has 1 heterocycles. The molecule has 1 aromatic heterocycles. The van der Waals surface area contributed by atoms with E-state index in [1.807, 2.05) is 31.2 Å². The summed E-state index contributed by atoms with van der Waals surface area (Å²) in [5.41, 5.74) is 2.86. The zero-order valence-electron chi connectivity index (χ0n) is 11.0. The largest absolute Gasteiger partial charge is 0.492 e. The first kappa shape index (κ1) is 13.1. The number of aromatic nitrogens is 1. The molecule has 3 heteroatoms. The molecule has 0 aliphatic heterocycles. The van der Waals surface area contributed by atoms with Crippen LogP contribution in [0.2, 0.25) is 0 Å². The van der Waals surface area contributed by atoms with E-state index in [1.54, 1.807) is 18.5 Å². The molecule has 0 aliphatic rings. The molecule has 0 fully saturated rings. The number of ether oxygens (including phenoxy) is 1. The molecule has 0 saturated carbocycles. The number of nitrogens with zero attached hydrogens (tertiary/aromatic N) is 2. The summed E-state index contributed by atoms with van der Waals surface area (Å²) in [6.07, 6.45) is 5.47. The molecule has 0 N–H and O–H groups in total. The van der Waals surface area contributed by atoms with Gasteiger partial charge < -0.3 is 4.74 Å². The number of aryl methyl sites for hydroxylation is 2. The number of hydrogen-bond acceptors (Lipinski definition) is 3. The van der Waals surface area contributed by atoms with E-state index in [0.717, 1.165) is 18.4 Å². The van der Waals surface area contributed by atoms with Crippen LogP contribution in [0.25, 0.3) is 0 Å². The monoisotopic (exact) mass is 252 g/mol. The van der Waals surface area contributed by atoms with E-state index in [0.29, 0.717) is 17.9 Å². The van der Waals surface area contributed by atoms with E-state index in [-0.39, 0.29) is 0 Å². The van der Waals surface area contributed by atoms with Crippen LogP contribution in [0.1, 0.15) is 23.1 Å². The predicted octanol–water partition coefficient (Wildman–Crippen LogP) is 3.27. The first-order chi connectivity index (χ1) is 9.31. The van der Waals surface area contributed by atoms with Gasteiger partial charge in [-0.15, -0.1) is 0 Å². The molecule has 2 aromatic rings. The second-order valence-corrected chi connectivity index (χ2v) is 4.37. The third kappa shape index (κ3) is 3.56. The number of hydrogen-bond donors (Lipinski definition) is 0. The molecule has 0 saturated heterocycles. The fourth-order valence-corrected chi connectivity index (χ4v) is 1.93. The Balaban J connectivity index is 1.88. The smallest absolute Gasteiger partial charge is 0.139 e. The van der Waals surface area contributed by atoms with Gasteiger partial charge in [0, 0.05) is 12.4 Å². The number of pyridine rings is 1. The standard InChI is InChI=1S/C16H16N2O/c1-13-4-2-6-15(12-17)16(13)19-11-3-5-14-7-9-18-10-8-14/h2,4,6-10H,3,5,11H2,1H3. The second kappa shape index (κ2) is 6.55. The van der Waals surface area contributed by atoms with Crippen LogP contribution in [-0.2, 0) is 6.42 Å². The van der Waals surface area contributed by atoms with Crippen molar-refractivity contribution in [2.24, 2.45) is 0 Å². The SMILES string of the molecule is Cc1cccc(C#N)c1OCCCc1ccncc1. The van der Waals surface area contributed by atoms with Crippen LogP contribution in [0.5, 0.6) is 5.75 Å². The van der Waals surface area contributed by atoms with Gasteiger partial charge in [-0.3, -0.25) is 4.98 Å². The van der Waals surface area contributed by atoms with Gasteiger partial charge in [0.15, 0.2) is 0 Å². The summed E-state index contributed by atoms with van der Waals surface area (Å²) in [5.74, 6) is 0.708. The topological polar surface area (TPSA) is 45.9 Å². The first-order valence-corrected chi connectivity index (χ1v) is 6.32. The maximum atomic E-state index is 9.04. The van der Waals surface area contributed by atoms with Crippen molar-refractivity contribution in [2.75, 3.05) is 6.61 Å². The van der Waals surface area contributed by atoms with Crippen molar-refractivity contribution in [3.8, 4) is 11.8 Å². The van der Waals surface area contributed by atoms with Crippen LogP contribution >= 0.6 is 0 Å². The van der Waals surface area contributed by atoms with Crippen LogP contribution in [0.15, 0.2) is 42.7 Å². The molecule has 1 aromatic carbocycles. The highest BCUT2D eigenvalue weighted by molar-refractivity contribution is 5.47. The summed E-state index contributed by atoms with van der Waals surface area (Å²) < 4.78 is 5.74. The molecular weight excluding hydrogens is 236 g/mol. The molecule has 0 aliphatic carbocycles. The molecule has 0 unspecified atom stereocenters. The molecule has 0 bridgehead atoms. The van der Waals surface area contributed by atoms with Crippen LogP contribution in [0.4, 0.5) is 0 Å². The van der Waals surface area contributed by atoms with Crippen molar-refractivity contribution in [3.05, 3.63) is 59.4 Å². The summed E-state index contributed by atoms with van der Waals surface area (Å²) >= 11 is 0. The Kier molecular flexibility index (Phi) is 4.52. The van der Waals surface area contributed by atoms with E-state index in [1.165, 1.54) is 5.56 Å². The third-order valence-corrected chi connectivity index (χ3v) is 2.94.